The number of hydrogen-bond acceptors (Lipinski definition) is 6. The molecule has 254 valence electrons. The maximum absolute atomic E-state index is 12.4. The number of ether oxygens (including phenoxy) is 2. The van der Waals surface area contributed by atoms with Gasteiger partial charge in [0.25, 0.3) is 0 Å². The van der Waals surface area contributed by atoms with Gasteiger partial charge in [0.05, 0.1) is 0 Å². The Morgan fingerprint density at radius 1 is 0.773 bits per heavy atom. The first-order valence-corrected chi connectivity index (χ1v) is 18.1. The van der Waals surface area contributed by atoms with Crippen LogP contribution >= 0.6 is 11.8 Å². The lowest BCUT2D eigenvalue weighted by atomic mass is 10.0. The minimum atomic E-state index is -0.649. The van der Waals surface area contributed by atoms with E-state index in [2.05, 4.69) is 12.2 Å². The van der Waals surface area contributed by atoms with Crippen molar-refractivity contribution in [3.8, 4) is 0 Å². The summed E-state index contributed by atoms with van der Waals surface area (Å²) in [4.78, 5) is 37.4. The Balaban J connectivity index is 0.0000185. The molecule has 0 spiro atoms. The van der Waals surface area contributed by atoms with Crippen LogP contribution in [0.4, 0.5) is 9.59 Å². The Hall–Kier alpha value is -1.56. The van der Waals surface area contributed by atoms with Gasteiger partial charge >= 0.3 is 12.2 Å². The molecule has 0 bridgehead atoms. The summed E-state index contributed by atoms with van der Waals surface area (Å²) < 4.78 is 12.5. The molecule has 1 rings (SSSR count). The summed E-state index contributed by atoms with van der Waals surface area (Å²) in [7, 11) is 0. The SMILES string of the molecule is CCCCCCCCCCCCCCCCCCNC(=O)OCCSCCOC(=O)N(Cc1cccc[n+]1CC)C(C)=O.[I-]. The number of imide groups is 1. The second kappa shape index (κ2) is 30.1. The first-order chi connectivity index (χ1) is 21.0. The maximum Gasteiger partial charge on any atom is 0.417 e. The summed E-state index contributed by atoms with van der Waals surface area (Å²) in [6, 6.07) is 5.68. The number of thioether (sulfide) groups is 1. The first-order valence-electron chi connectivity index (χ1n) is 16.9. The van der Waals surface area contributed by atoms with Crippen LogP contribution in [0.3, 0.4) is 0 Å². The lowest BCUT2D eigenvalue weighted by molar-refractivity contribution is -0.701. The van der Waals surface area contributed by atoms with E-state index in [4.69, 9.17) is 9.47 Å². The second-order valence-electron chi connectivity index (χ2n) is 11.2. The highest BCUT2D eigenvalue weighted by atomic mass is 127. The summed E-state index contributed by atoms with van der Waals surface area (Å²) >= 11 is 1.53. The molecule has 0 aromatic carbocycles. The zero-order valence-corrected chi connectivity index (χ0v) is 30.8. The summed E-state index contributed by atoms with van der Waals surface area (Å²) in [5.41, 5.74) is 0.858. The van der Waals surface area contributed by atoms with Gasteiger partial charge in [-0.15, -0.1) is 0 Å². The molecule has 44 heavy (non-hydrogen) atoms. The van der Waals surface area contributed by atoms with Gasteiger partial charge in [-0.05, 0) is 13.3 Å². The highest BCUT2D eigenvalue weighted by molar-refractivity contribution is 7.99. The number of nitrogens with zero attached hydrogens (tertiary/aromatic N) is 2. The standard InChI is InChI=1S/C34H59N3O5S.HI/c1-4-6-7-8-9-10-11-12-13-14-15-16-17-18-19-21-24-35-33(39)41-26-28-43-29-27-42-34(40)37(31(3)38)30-32-23-20-22-25-36(32)5-2;/h20,22-23,25H,4-19,21,24,26-30H2,1-3H3;1H. The zero-order chi connectivity index (χ0) is 31.4. The van der Waals surface area contributed by atoms with Crippen LogP contribution in [0.25, 0.3) is 0 Å². The Kier molecular flexibility index (Phi) is 29.0. The lowest BCUT2D eigenvalue weighted by Gasteiger charge is -2.17. The van der Waals surface area contributed by atoms with Gasteiger partial charge in [0.15, 0.2) is 6.20 Å². The summed E-state index contributed by atoms with van der Waals surface area (Å²) in [6.07, 6.45) is 22.2. The number of aromatic nitrogens is 1. The highest BCUT2D eigenvalue weighted by Gasteiger charge is 2.23. The molecule has 3 amide bonds. The largest absolute Gasteiger partial charge is 1.00 e. The number of pyridine rings is 1. The van der Waals surface area contributed by atoms with Gasteiger partial charge in [-0.25, -0.2) is 19.1 Å². The summed E-state index contributed by atoms with van der Waals surface area (Å²) in [6.45, 7) is 7.68. The second-order valence-corrected chi connectivity index (χ2v) is 12.4. The van der Waals surface area contributed by atoms with Crippen LogP contribution in [0.5, 0.6) is 0 Å². The van der Waals surface area contributed by atoms with E-state index >= 15 is 0 Å². The average Bonchev–Trinajstić information content (AvgIpc) is 3.00. The van der Waals surface area contributed by atoms with Crippen molar-refractivity contribution in [2.24, 2.45) is 0 Å². The Bertz CT molecular complexity index is 877. The number of carbonyl (C=O) groups excluding carboxylic acids is 3. The van der Waals surface area contributed by atoms with Crippen molar-refractivity contribution >= 4 is 29.9 Å². The molecule has 0 aliphatic carbocycles. The highest BCUT2D eigenvalue weighted by Crippen LogP contribution is 2.13. The Labute approximate surface area is 289 Å². The molecule has 0 saturated carbocycles. The monoisotopic (exact) mass is 749 g/mol. The van der Waals surface area contributed by atoms with Crippen molar-refractivity contribution in [1.29, 1.82) is 0 Å². The van der Waals surface area contributed by atoms with Crippen LogP contribution in [0.15, 0.2) is 24.4 Å². The van der Waals surface area contributed by atoms with E-state index in [-0.39, 0.29) is 49.1 Å². The predicted molar refractivity (Wildman–Crippen MR) is 176 cm³/mol. The van der Waals surface area contributed by atoms with Gasteiger partial charge in [0.1, 0.15) is 26.3 Å². The number of nitrogens with one attached hydrogen (secondary N) is 1. The molecule has 10 heteroatoms. The molecule has 0 saturated heterocycles. The van der Waals surface area contributed by atoms with E-state index < -0.39 is 6.09 Å². The number of amides is 3. The number of unbranched alkanes of at least 4 members (excludes halogenated alkanes) is 15. The number of halogens is 1. The number of rotatable bonds is 26. The molecule has 8 nitrogen and oxygen atoms in total. The minimum Gasteiger partial charge on any atom is -1.00 e. The van der Waals surface area contributed by atoms with Crippen molar-refractivity contribution < 1.29 is 52.4 Å². The zero-order valence-electron chi connectivity index (χ0n) is 27.8. The summed E-state index contributed by atoms with van der Waals surface area (Å²) in [5.74, 6) is 0.811. The summed E-state index contributed by atoms with van der Waals surface area (Å²) in [5, 5.41) is 2.82. The topological polar surface area (TPSA) is 88.8 Å². The van der Waals surface area contributed by atoms with Crippen LogP contribution in [0, 0.1) is 0 Å². The predicted octanol–water partition coefficient (Wildman–Crippen LogP) is 5.20. The first kappa shape index (κ1) is 42.4. The molecular weight excluding hydrogens is 689 g/mol. The van der Waals surface area contributed by atoms with Gasteiger partial charge in [-0.2, -0.15) is 11.8 Å². The average molecular weight is 750 g/mol. The number of alkyl carbamates (subject to hydrolysis) is 1. The molecule has 0 aliphatic rings. The third-order valence-electron chi connectivity index (χ3n) is 7.51. The van der Waals surface area contributed by atoms with Gasteiger partial charge in [0.2, 0.25) is 11.6 Å². The van der Waals surface area contributed by atoms with Gasteiger partial charge in [-0.3, -0.25) is 4.79 Å². The molecule has 0 fully saturated rings. The molecule has 0 radical (unpaired) electrons. The van der Waals surface area contributed by atoms with Gasteiger partial charge in [-0.1, -0.05) is 109 Å². The molecule has 1 heterocycles. The van der Waals surface area contributed by atoms with Crippen molar-refractivity contribution in [1.82, 2.24) is 10.2 Å². The minimum absolute atomic E-state index is 0. The normalized spacial score (nSPS) is 10.6. The molecule has 0 unspecified atom stereocenters. The molecule has 1 aromatic heterocycles. The van der Waals surface area contributed by atoms with Crippen LogP contribution in [-0.4, -0.2) is 54.3 Å². The Morgan fingerprint density at radius 2 is 1.30 bits per heavy atom. The van der Waals surface area contributed by atoms with E-state index in [1.165, 1.54) is 109 Å². The Morgan fingerprint density at radius 3 is 1.82 bits per heavy atom. The van der Waals surface area contributed by atoms with E-state index in [0.29, 0.717) is 24.7 Å². The maximum atomic E-state index is 12.4. The van der Waals surface area contributed by atoms with Crippen molar-refractivity contribution in [3.63, 3.8) is 0 Å². The van der Waals surface area contributed by atoms with Gasteiger partial charge < -0.3 is 38.8 Å². The van der Waals surface area contributed by atoms with Crippen LogP contribution < -0.4 is 33.9 Å². The molecule has 1 N–H and O–H groups in total. The third kappa shape index (κ3) is 22.9. The quantitative estimate of drug-likeness (QED) is 0.0797. The van der Waals surface area contributed by atoms with E-state index in [9.17, 15) is 14.4 Å². The fourth-order valence-corrected chi connectivity index (χ4v) is 5.51. The van der Waals surface area contributed by atoms with Gasteiger partial charge in [0, 0.05) is 37.1 Å². The van der Waals surface area contributed by atoms with Crippen LogP contribution in [0.1, 0.15) is 129 Å². The van der Waals surface area contributed by atoms with E-state index in [0.717, 1.165) is 30.0 Å². The third-order valence-corrected chi connectivity index (χ3v) is 8.42. The van der Waals surface area contributed by atoms with Crippen molar-refractivity contribution in [3.05, 3.63) is 30.1 Å². The van der Waals surface area contributed by atoms with E-state index in [1.54, 1.807) is 0 Å². The molecular formula is C34H60IN3O5S. The smallest absolute Gasteiger partial charge is 0.417 e. The fourth-order valence-electron chi connectivity index (χ4n) is 4.91. The van der Waals surface area contributed by atoms with Crippen molar-refractivity contribution in [2.45, 2.75) is 137 Å². The number of carbonyl (C=O) groups is 3. The fraction of sp³-hybridized carbons (Fsp3) is 0.765. The number of aryl methyl sites for hydroxylation is 1. The van der Waals surface area contributed by atoms with Crippen molar-refractivity contribution in [2.75, 3.05) is 31.3 Å². The lowest BCUT2D eigenvalue weighted by Crippen LogP contribution is -3.00. The molecule has 1 aromatic rings. The van der Waals surface area contributed by atoms with E-state index in [1.807, 2.05) is 35.9 Å². The number of hydrogen-bond donors (Lipinski definition) is 1. The molecule has 0 aliphatic heterocycles. The van der Waals surface area contributed by atoms with Crippen LogP contribution in [-0.2, 0) is 27.4 Å². The molecule has 0 atom stereocenters. The van der Waals surface area contributed by atoms with Crippen LogP contribution in [0.2, 0.25) is 0 Å².